The Balaban J connectivity index is 2.15. The van der Waals surface area contributed by atoms with Gasteiger partial charge < -0.3 is 50.1 Å². The second kappa shape index (κ2) is 9.69. The molecule has 2 heterocycles. The van der Waals surface area contributed by atoms with Gasteiger partial charge in [-0.3, -0.25) is 0 Å². The summed E-state index contributed by atoms with van der Waals surface area (Å²) in [6.07, 6.45) is -8.97. The first-order chi connectivity index (χ1) is 12.3. The highest BCUT2D eigenvalue weighted by Crippen LogP contribution is 2.25. The van der Waals surface area contributed by atoms with Gasteiger partial charge in [0.25, 0.3) is 0 Å². The smallest absolute Gasteiger partial charge is 0.187 e. The van der Waals surface area contributed by atoms with Gasteiger partial charge in [0, 0.05) is 0 Å². The Labute approximate surface area is 152 Å². The summed E-state index contributed by atoms with van der Waals surface area (Å²) >= 11 is 0. The van der Waals surface area contributed by atoms with Crippen LogP contribution in [0.25, 0.3) is 0 Å². The van der Waals surface area contributed by atoms with Crippen molar-refractivity contribution < 1.29 is 50.1 Å². The molecule has 2 rings (SSSR count). The lowest BCUT2D eigenvalue weighted by Crippen LogP contribution is -3.20. The molecule has 2 fully saturated rings. The molecule has 0 aromatic rings. The van der Waals surface area contributed by atoms with Gasteiger partial charge >= 0.3 is 0 Å². The Morgan fingerprint density at radius 1 is 0.962 bits per heavy atom. The van der Waals surface area contributed by atoms with Gasteiger partial charge in [0.1, 0.15) is 55.3 Å². The van der Waals surface area contributed by atoms with Crippen molar-refractivity contribution in [1.29, 1.82) is 0 Å². The fourth-order valence-corrected chi connectivity index (χ4v) is 3.66. The molecule has 154 valence electrons. The molecule has 0 radical (unpaired) electrons. The highest BCUT2D eigenvalue weighted by molar-refractivity contribution is 4.92. The molecule has 0 aromatic heterocycles. The summed E-state index contributed by atoms with van der Waals surface area (Å²) in [5, 5.41) is 69.4. The van der Waals surface area contributed by atoms with E-state index < -0.39 is 61.7 Å². The van der Waals surface area contributed by atoms with E-state index >= 15 is 0 Å². The molecule has 10 heteroatoms. The predicted molar refractivity (Wildman–Crippen MR) is 87.1 cm³/mol. The minimum absolute atomic E-state index is 0.251. The summed E-state index contributed by atoms with van der Waals surface area (Å²) in [5.41, 5.74) is 0. The van der Waals surface area contributed by atoms with Gasteiger partial charge in [-0.25, -0.2) is 0 Å². The summed E-state index contributed by atoms with van der Waals surface area (Å²) in [6.45, 7) is 2.02. The number of quaternary nitrogens is 1. The SMILES string of the molecule is CCCC[NH+]1C[C@H](O)[C@@H](O)[C@H](O[C@H]2O[C@H](CO)[C@@H](O)[C@H](O)[C@H]2O)[C@H]1CO. The highest BCUT2D eigenvalue weighted by atomic mass is 16.7. The van der Waals surface area contributed by atoms with Crippen LogP contribution in [0.5, 0.6) is 0 Å². The number of unbranched alkanes of at least 4 members (excludes halogenated alkanes) is 1. The van der Waals surface area contributed by atoms with Gasteiger partial charge in [-0.15, -0.1) is 0 Å². The van der Waals surface area contributed by atoms with E-state index in [-0.39, 0.29) is 13.2 Å². The van der Waals surface area contributed by atoms with E-state index in [4.69, 9.17) is 9.47 Å². The summed E-state index contributed by atoms with van der Waals surface area (Å²) in [5.74, 6) is 0. The molecule has 0 bridgehead atoms. The standard InChI is InChI=1S/C16H31NO9/c1-2-3-4-17-5-9(20)11(21)15(8(17)6-18)26-16-14(24)13(23)12(22)10(7-19)25-16/h8-16,18-24H,2-7H2,1H3/p+1/t8-,9+,10-,11-,12-,13+,14-,15-,16-/m1/s1. The zero-order valence-corrected chi connectivity index (χ0v) is 14.9. The lowest BCUT2D eigenvalue weighted by Gasteiger charge is -2.46. The van der Waals surface area contributed by atoms with Crippen molar-refractivity contribution in [3.05, 3.63) is 0 Å². The first-order valence-electron chi connectivity index (χ1n) is 9.13. The first kappa shape index (κ1) is 21.9. The first-order valence-corrected chi connectivity index (χ1v) is 9.13. The van der Waals surface area contributed by atoms with Crippen molar-refractivity contribution in [2.75, 3.05) is 26.3 Å². The number of hydrogen-bond donors (Lipinski definition) is 8. The molecular formula is C16H32NO9+. The normalized spacial score (nSPS) is 47.1. The third-order valence-corrected chi connectivity index (χ3v) is 5.31. The molecule has 0 aliphatic carbocycles. The summed E-state index contributed by atoms with van der Waals surface area (Å²) in [6, 6.07) is -0.563. The number of piperidine rings is 1. The van der Waals surface area contributed by atoms with E-state index in [1.807, 2.05) is 6.92 Å². The zero-order valence-electron chi connectivity index (χ0n) is 14.9. The number of aliphatic hydroxyl groups is 7. The van der Waals surface area contributed by atoms with Gasteiger partial charge in [-0.2, -0.15) is 0 Å². The Morgan fingerprint density at radius 3 is 2.23 bits per heavy atom. The molecule has 2 saturated heterocycles. The predicted octanol–water partition coefficient (Wildman–Crippen LogP) is -5.05. The summed E-state index contributed by atoms with van der Waals surface area (Å²) in [7, 11) is 0. The Hall–Kier alpha value is -0.400. The fraction of sp³-hybridized carbons (Fsp3) is 1.00. The number of rotatable bonds is 7. The van der Waals surface area contributed by atoms with Crippen LogP contribution in [-0.2, 0) is 9.47 Å². The van der Waals surface area contributed by atoms with Crippen LogP contribution < -0.4 is 4.90 Å². The summed E-state index contributed by atoms with van der Waals surface area (Å²) in [4.78, 5) is 0.863. The monoisotopic (exact) mass is 382 g/mol. The minimum Gasteiger partial charge on any atom is -0.394 e. The molecule has 0 spiro atoms. The van der Waals surface area contributed by atoms with Gasteiger partial charge in [0.05, 0.1) is 19.8 Å². The molecule has 0 amide bonds. The second-order valence-corrected chi connectivity index (χ2v) is 7.11. The van der Waals surface area contributed by atoms with Gasteiger partial charge in [-0.05, 0) is 6.42 Å². The molecule has 1 unspecified atom stereocenters. The van der Waals surface area contributed by atoms with E-state index in [9.17, 15) is 35.7 Å². The number of aliphatic hydroxyl groups excluding tert-OH is 7. The quantitative estimate of drug-likeness (QED) is 0.215. The van der Waals surface area contributed by atoms with E-state index in [1.165, 1.54) is 0 Å². The van der Waals surface area contributed by atoms with Crippen LogP contribution in [0.2, 0.25) is 0 Å². The van der Waals surface area contributed by atoms with Crippen molar-refractivity contribution in [1.82, 2.24) is 0 Å². The maximum Gasteiger partial charge on any atom is 0.187 e. The highest BCUT2D eigenvalue weighted by Gasteiger charge is 2.51. The zero-order chi connectivity index (χ0) is 19.4. The fourth-order valence-electron chi connectivity index (χ4n) is 3.66. The average Bonchev–Trinajstić information content (AvgIpc) is 2.63. The van der Waals surface area contributed by atoms with E-state index in [0.29, 0.717) is 6.54 Å². The van der Waals surface area contributed by atoms with Crippen LogP contribution in [-0.4, -0.2) is 117 Å². The van der Waals surface area contributed by atoms with E-state index in [1.54, 1.807) is 0 Å². The number of nitrogens with one attached hydrogen (secondary N) is 1. The summed E-state index contributed by atoms with van der Waals surface area (Å²) < 4.78 is 11.0. The van der Waals surface area contributed by atoms with Crippen molar-refractivity contribution >= 4 is 0 Å². The lowest BCUT2D eigenvalue weighted by atomic mass is 9.93. The van der Waals surface area contributed by atoms with E-state index in [2.05, 4.69) is 0 Å². The number of ether oxygens (including phenoxy) is 2. The lowest BCUT2D eigenvalue weighted by molar-refractivity contribution is -0.940. The molecule has 2 aliphatic rings. The molecule has 10 nitrogen and oxygen atoms in total. The molecule has 26 heavy (non-hydrogen) atoms. The van der Waals surface area contributed by atoms with Crippen molar-refractivity contribution in [3.63, 3.8) is 0 Å². The number of likely N-dealkylation sites (tertiary alicyclic amines) is 1. The van der Waals surface area contributed by atoms with Crippen molar-refractivity contribution in [2.45, 2.75) is 74.8 Å². The molecule has 0 saturated carbocycles. The largest absolute Gasteiger partial charge is 0.394 e. The van der Waals surface area contributed by atoms with Crippen LogP contribution in [0.3, 0.4) is 0 Å². The van der Waals surface area contributed by atoms with Gasteiger partial charge in [-0.1, -0.05) is 13.3 Å². The number of hydrogen-bond acceptors (Lipinski definition) is 9. The topological polar surface area (TPSA) is 165 Å². The van der Waals surface area contributed by atoms with Crippen LogP contribution in [0.4, 0.5) is 0 Å². The minimum atomic E-state index is -1.61. The van der Waals surface area contributed by atoms with Gasteiger partial charge in [0.15, 0.2) is 6.29 Å². The molecule has 2 aliphatic heterocycles. The maximum atomic E-state index is 10.3. The molecular weight excluding hydrogens is 350 g/mol. The van der Waals surface area contributed by atoms with E-state index in [0.717, 1.165) is 17.7 Å². The Morgan fingerprint density at radius 2 is 1.65 bits per heavy atom. The van der Waals surface area contributed by atoms with Crippen LogP contribution in [0, 0.1) is 0 Å². The molecule has 10 atom stereocenters. The van der Waals surface area contributed by atoms with Crippen LogP contribution >= 0.6 is 0 Å². The molecule has 0 aromatic carbocycles. The van der Waals surface area contributed by atoms with Crippen LogP contribution in [0.15, 0.2) is 0 Å². The van der Waals surface area contributed by atoms with Crippen LogP contribution in [0.1, 0.15) is 19.8 Å². The second-order valence-electron chi connectivity index (χ2n) is 7.11. The Bertz CT molecular complexity index is 427. The third kappa shape index (κ3) is 4.53. The Kier molecular flexibility index (Phi) is 8.16. The van der Waals surface area contributed by atoms with Gasteiger partial charge in [0.2, 0.25) is 0 Å². The average molecular weight is 382 g/mol. The molecule has 8 N–H and O–H groups in total. The third-order valence-electron chi connectivity index (χ3n) is 5.31. The van der Waals surface area contributed by atoms with Crippen molar-refractivity contribution in [3.8, 4) is 0 Å². The maximum absolute atomic E-state index is 10.3. The van der Waals surface area contributed by atoms with Crippen molar-refractivity contribution in [2.24, 2.45) is 0 Å².